The Kier molecular flexibility index (Phi) is 5.56. The standard InChI is InChI=1S/C13H22N6O2S/c1-15-13(14)17-6-11-22(20,21)19-9-7-18(8-10-19)12-4-2-3-5-16-12/h2-5H,6-11H2,1H3,(H3,14,15,17). The van der Waals surface area contributed by atoms with Crippen molar-refractivity contribution >= 4 is 21.8 Å². The second kappa shape index (κ2) is 7.41. The molecule has 2 rings (SSSR count). The van der Waals surface area contributed by atoms with E-state index in [9.17, 15) is 8.42 Å². The number of rotatable bonds is 5. The summed E-state index contributed by atoms with van der Waals surface area (Å²) in [5.74, 6) is 1.13. The molecule has 0 spiro atoms. The quantitative estimate of drug-likeness (QED) is 0.535. The molecule has 0 radical (unpaired) electrons. The number of piperazine rings is 1. The fourth-order valence-electron chi connectivity index (χ4n) is 2.25. The van der Waals surface area contributed by atoms with Gasteiger partial charge in [0.2, 0.25) is 10.0 Å². The molecular formula is C13H22N6O2S. The van der Waals surface area contributed by atoms with E-state index in [1.807, 2.05) is 18.2 Å². The number of aliphatic imine (C=N–C) groups is 1. The Morgan fingerprint density at radius 3 is 2.68 bits per heavy atom. The van der Waals surface area contributed by atoms with Crippen LogP contribution in [0.1, 0.15) is 0 Å². The monoisotopic (exact) mass is 326 g/mol. The average molecular weight is 326 g/mol. The van der Waals surface area contributed by atoms with Gasteiger partial charge in [-0.3, -0.25) is 4.99 Å². The minimum absolute atomic E-state index is 0.00675. The topological polar surface area (TPSA) is 104 Å². The number of hydrogen-bond acceptors (Lipinski definition) is 5. The number of nitrogens with two attached hydrogens (primary N) is 1. The summed E-state index contributed by atoms with van der Waals surface area (Å²) in [7, 11) is -1.73. The molecule has 0 atom stereocenters. The van der Waals surface area contributed by atoms with E-state index in [0.29, 0.717) is 26.2 Å². The molecular weight excluding hydrogens is 304 g/mol. The molecule has 0 bridgehead atoms. The van der Waals surface area contributed by atoms with Crippen molar-refractivity contribution in [3.05, 3.63) is 24.4 Å². The van der Waals surface area contributed by atoms with Crippen LogP contribution in [0.15, 0.2) is 29.4 Å². The first-order valence-electron chi connectivity index (χ1n) is 7.13. The summed E-state index contributed by atoms with van der Waals surface area (Å²) >= 11 is 0. The molecule has 0 aromatic carbocycles. The lowest BCUT2D eigenvalue weighted by Crippen LogP contribution is -2.50. The minimum atomic E-state index is -3.28. The van der Waals surface area contributed by atoms with E-state index in [4.69, 9.17) is 5.73 Å². The molecule has 1 fully saturated rings. The predicted molar refractivity (Wildman–Crippen MR) is 87.4 cm³/mol. The van der Waals surface area contributed by atoms with E-state index in [-0.39, 0.29) is 18.3 Å². The normalized spacial score (nSPS) is 17.5. The Bertz CT molecular complexity index is 596. The molecule has 22 heavy (non-hydrogen) atoms. The van der Waals surface area contributed by atoms with Crippen LogP contribution in [-0.4, -0.2) is 69.2 Å². The van der Waals surface area contributed by atoms with Crippen molar-refractivity contribution in [2.24, 2.45) is 10.7 Å². The van der Waals surface area contributed by atoms with Crippen LogP contribution in [0.5, 0.6) is 0 Å². The largest absolute Gasteiger partial charge is 0.370 e. The van der Waals surface area contributed by atoms with E-state index in [0.717, 1.165) is 5.82 Å². The summed E-state index contributed by atoms with van der Waals surface area (Å²) < 4.78 is 26.1. The van der Waals surface area contributed by atoms with Crippen LogP contribution in [0.3, 0.4) is 0 Å². The molecule has 0 saturated carbocycles. The molecule has 0 aliphatic carbocycles. The first-order valence-corrected chi connectivity index (χ1v) is 8.74. The molecule has 1 saturated heterocycles. The molecule has 122 valence electrons. The Morgan fingerprint density at radius 2 is 2.09 bits per heavy atom. The van der Waals surface area contributed by atoms with Crippen molar-refractivity contribution in [3.63, 3.8) is 0 Å². The molecule has 1 aliphatic heterocycles. The number of hydrogen-bond donors (Lipinski definition) is 2. The molecule has 1 aromatic rings. The number of anilines is 1. The lowest BCUT2D eigenvalue weighted by molar-refractivity contribution is 0.384. The SMILES string of the molecule is CN=C(N)NCCS(=O)(=O)N1CCN(c2ccccn2)CC1. The number of guanidine groups is 1. The van der Waals surface area contributed by atoms with Gasteiger partial charge < -0.3 is 16.0 Å². The third kappa shape index (κ3) is 4.31. The predicted octanol–water partition coefficient (Wildman–Crippen LogP) is -0.932. The maximum atomic E-state index is 12.3. The van der Waals surface area contributed by atoms with Crippen molar-refractivity contribution in [2.45, 2.75) is 0 Å². The average Bonchev–Trinajstić information content (AvgIpc) is 2.55. The van der Waals surface area contributed by atoms with Gasteiger partial charge >= 0.3 is 0 Å². The van der Waals surface area contributed by atoms with Gasteiger partial charge in [-0.2, -0.15) is 4.31 Å². The fourth-order valence-corrected chi connectivity index (χ4v) is 3.59. The molecule has 1 aliphatic rings. The summed E-state index contributed by atoms with van der Waals surface area (Å²) in [6, 6.07) is 5.72. The zero-order valence-corrected chi connectivity index (χ0v) is 13.5. The third-order valence-corrected chi connectivity index (χ3v) is 5.38. The van der Waals surface area contributed by atoms with Gasteiger partial charge in [-0.1, -0.05) is 6.07 Å². The smallest absolute Gasteiger partial charge is 0.215 e. The van der Waals surface area contributed by atoms with E-state index < -0.39 is 10.0 Å². The summed E-state index contributed by atoms with van der Waals surface area (Å²) in [6.45, 7) is 2.48. The number of nitrogens with one attached hydrogen (secondary N) is 1. The van der Waals surface area contributed by atoms with Crippen LogP contribution in [0.2, 0.25) is 0 Å². The molecule has 0 unspecified atom stereocenters. The summed E-state index contributed by atoms with van der Waals surface area (Å²) in [5, 5.41) is 2.76. The van der Waals surface area contributed by atoms with Gasteiger partial charge in [-0.05, 0) is 12.1 Å². The van der Waals surface area contributed by atoms with Crippen LogP contribution in [-0.2, 0) is 10.0 Å². The maximum absolute atomic E-state index is 12.3. The Hall–Kier alpha value is -1.87. The highest BCUT2D eigenvalue weighted by molar-refractivity contribution is 7.89. The highest BCUT2D eigenvalue weighted by Crippen LogP contribution is 2.14. The summed E-state index contributed by atoms with van der Waals surface area (Å²) in [6.07, 6.45) is 1.74. The lowest BCUT2D eigenvalue weighted by atomic mass is 10.3. The number of sulfonamides is 1. The van der Waals surface area contributed by atoms with Crippen molar-refractivity contribution < 1.29 is 8.42 Å². The van der Waals surface area contributed by atoms with Gasteiger partial charge in [0.25, 0.3) is 0 Å². The van der Waals surface area contributed by atoms with Gasteiger partial charge in [-0.15, -0.1) is 0 Å². The number of aromatic nitrogens is 1. The van der Waals surface area contributed by atoms with Gasteiger partial charge in [0.1, 0.15) is 5.82 Å². The third-order valence-electron chi connectivity index (χ3n) is 3.51. The van der Waals surface area contributed by atoms with Crippen LogP contribution in [0.4, 0.5) is 5.82 Å². The lowest BCUT2D eigenvalue weighted by Gasteiger charge is -2.34. The zero-order valence-electron chi connectivity index (χ0n) is 12.6. The molecule has 9 heteroatoms. The summed E-state index contributed by atoms with van der Waals surface area (Å²) in [5.41, 5.74) is 5.48. The van der Waals surface area contributed by atoms with Crippen molar-refractivity contribution in [3.8, 4) is 0 Å². The van der Waals surface area contributed by atoms with Crippen molar-refractivity contribution in [2.75, 3.05) is 50.4 Å². The maximum Gasteiger partial charge on any atom is 0.215 e. The van der Waals surface area contributed by atoms with Gasteiger partial charge in [0, 0.05) is 46.0 Å². The van der Waals surface area contributed by atoms with Crippen LogP contribution < -0.4 is 16.0 Å². The van der Waals surface area contributed by atoms with Gasteiger partial charge in [0.15, 0.2) is 5.96 Å². The Labute approximate surface area is 131 Å². The molecule has 1 aromatic heterocycles. The highest BCUT2D eigenvalue weighted by Gasteiger charge is 2.26. The number of pyridine rings is 1. The van der Waals surface area contributed by atoms with E-state index in [1.165, 1.54) is 4.31 Å². The molecule has 3 N–H and O–H groups in total. The Morgan fingerprint density at radius 1 is 1.36 bits per heavy atom. The summed E-state index contributed by atoms with van der Waals surface area (Å²) in [4.78, 5) is 10.1. The van der Waals surface area contributed by atoms with Crippen molar-refractivity contribution in [1.82, 2.24) is 14.6 Å². The molecule has 2 heterocycles. The second-order valence-corrected chi connectivity index (χ2v) is 7.01. The minimum Gasteiger partial charge on any atom is -0.370 e. The van der Waals surface area contributed by atoms with E-state index in [1.54, 1.807) is 13.2 Å². The van der Waals surface area contributed by atoms with Crippen molar-refractivity contribution in [1.29, 1.82) is 0 Å². The van der Waals surface area contributed by atoms with E-state index >= 15 is 0 Å². The molecule has 8 nitrogen and oxygen atoms in total. The number of nitrogens with zero attached hydrogens (tertiary/aromatic N) is 4. The van der Waals surface area contributed by atoms with Crippen LogP contribution >= 0.6 is 0 Å². The first-order chi connectivity index (χ1) is 10.5. The zero-order chi connectivity index (χ0) is 16.0. The fraction of sp³-hybridized carbons (Fsp3) is 0.538. The highest BCUT2D eigenvalue weighted by atomic mass is 32.2. The van der Waals surface area contributed by atoms with E-state index in [2.05, 4.69) is 20.2 Å². The van der Waals surface area contributed by atoms with Crippen LogP contribution in [0, 0.1) is 0 Å². The molecule has 0 amide bonds. The van der Waals surface area contributed by atoms with Gasteiger partial charge in [0.05, 0.1) is 5.75 Å². The van der Waals surface area contributed by atoms with Gasteiger partial charge in [-0.25, -0.2) is 13.4 Å². The Balaban J connectivity index is 1.85. The first kappa shape index (κ1) is 16.5. The second-order valence-electron chi connectivity index (χ2n) is 4.93. The van der Waals surface area contributed by atoms with Crippen LogP contribution in [0.25, 0.3) is 0 Å².